The summed E-state index contributed by atoms with van der Waals surface area (Å²) < 4.78 is 26.2. The summed E-state index contributed by atoms with van der Waals surface area (Å²) in [5.74, 6) is -3.83. The summed E-state index contributed by atoms with van der Waals surface area (Å²) in [6.07, 6.45) is 0.623. The van der Waals surface area contributed by atoms with E-state index in [9.17, 15) is 23.5 Å². The number of carbonyl (C=O) groups excluding carboxylic acids is 1. The fraction of sp³-hybridized carbons (Fsp3) is 0.176. The van der Waals surface area contributed by atoms with Crippen molar-refractivity contribution in [3.63, 3.8) is 0 Å². The number of hydrogen-bond donors (Lipinski definition) is 2. The average Bonchev–Trinajstić information content (AvgIpc) is 2.51. The van der Waals surface area contributed by atoms with E-state index in [0.29, 0.717) is 12.5 Å². The van der Waals surface area contributed by atoms with Gasteiger partial charge in [0.15, 0.2) is 0 Å². The van der Waals surface area contributed by atoms with Crippen molar-refractivity contribution in [3.8, 4) is 0 Å². The maximum atomic E-state index is 13.1. The van der Waals surface area contributed by atoms with Gasteiger partial charge in [-0.3, -0.25) is 4.79 Å². The van der Waals surface area contributed by atoms with Crippen LogP contribution in [-0.4, -0.2) is 23.0 Å². The molecule has 1 amide bonds. The highest BCUT2D eigenvalue weighted by Crippen LogP contribution is 2.10. The quantitative estimate of drug-likeness (QED) is 0.860. The smallest absolute Gasteiger partial charge is 0.326 e. The van der Waals surface area contributed by atoms with Crippen LogP contribution < -0.4 is 5.32 Å². The summed E-state index contributed by atoms with van der Waals surface area (Å²) in [5.41, 5.74) is 0.679. The number of nitrogens with one attached hydrogen (secondary N) is 1. The molecule has 6 heteroatoms. The molecule has 0 heterocycles. The second-order valence-corrected chi connectivity index (χ2v) is 5.05. The number of carboxylic acids is 1. The third kappa shape index (κ3) is 4.88. The van der Waals surface area contributed by atoms with E-state index in [1.54, 1.807) is 0 Å². The molecule has 1 atom stereocenters. The van der Waals surface area contributed by atoms with Gasteiger partial charge in [0.05, 0.1) is 0 Å². The lowest BCUT2D eigenvalue weighted by atomic mass is 10.0. The Kier molecular flexibility index (Phi) is 5.41. The van der Waals surface area contributed by atoms with Crippen LogP contribution in [0.5, 0.6) is 0 Å². The molecule has 120 valence electrons. The van der Waals surface area contributed by atoms with Crippen LogP contribution >= 0.6 is 0 Å². The van der Waals surface area contributed by atoms with Crippen LogP contribution in [0.1, 0.15) is 22.3 Å². The van der Waals surface area contributed by atoms with Gasteiger partial charge in [-0.05, 0) is 30.5 Å². The van der Waals surface area contributed by atoms with Crippen LogP contribution in [0, 0.1) is 11.6 Å². The van der Waals surface area contributed by atoms with Crippen LogP contribution in [-0.2, 0) is 11.2 Å². The molecule has 0 aliphatic rings. The van der Waals surface area contributed by atoms with Crippen LogP contribution in [0.2, 0.25) is 0 Å². The van der Waals surface area contributed by atoms with Gasteiger partial charge in [0.25, 0.3) is 5.91 Å². The van der Waals surface area contributed by atoms with Crippen molar-refractivity contribution in [1.29, 1.82) is 0 Å². The lowest BCUT2D eigenvalue weighted by Crippen LogP contribution is -2.41. The van der Waals surface area contributed by atoms with Crippen LogP contribution in [0.4, 0.5) is 8.78 Å². The Bertz CT molecular complexity index is 684. The van der Waals surface area contributed by atoms with Crippen molar-refractivity contribution in [2.45, 2.75) is 18.9 Å². The van der Waals surface area contributed by atoms with Crippen LogP contribution in [0.15, 0.2) is 48.5 Å². The first-order valence-corrected chi connectivity index (χ1v) is 6.99. The second kappa shape index (κ2) is 7.49. The van der Waals surface area contributed by atoms with Crippen molar-refractivity contribution in [2.24, 2.45) is 0 Å². The predicted octanol–water partition coefficient (Wildman–Crippen LogP) is 2.78. The van der Waals surface area contributed by atoms with Gasteiger partial charge in [0, 0.05) is 11.6 Å². The molecule has 0 aromatic heterocycles. The van der Waals surface area contributed by atoms with Crippen molar-refractivity contribution >= 4 is 11.9 Å². The highest BCUT2D eigenvalue weighted by molar-refractivity contribution is 5.96. The molecule has 0 bridgehead atoms. The first kappa shape index (κ1) is 16.6. The normalized spacial score (nSPS) is 11.7. The van der Waals surface area contributed by atoms with Crippen molar-refractivity contribution in [2.75, 3.05) is 0 Å². The summed E-state index contributed by atoms with van der Waals surface area (Å²) in [7, 11) is 0. The summed E-state index contributed by atoms with van der Waals surface area (Å²) >= 11 is 0. The van der Waals surface area contributed by atoms with Gasteiger partial charge >= 0.3 is 5.97 Å². The fourth-order valence-corrected chi connectivity index (χ4v) is 2.14. The maximum absolute atomic E-state index is 13.1. The summed E-state index contributed by atoms with van der Waals surface area (Å²) in [4.78, 5) is 23.2. The fourth-order valence-electron chi connectivity index (χ4n) is 2.14. The zero-order valence-corrected chi connectivity index (χ0v) is 12.1. The van der Waals surface area contributed by atoms with E-state index in [1.165, 1.54) is 0 Å². The molecular formula is C17H15F2NO3. The van der Waals surface area contributed by atoms with E-state index in [4.69, 9.17) is 0 Å². The predicted molar refractivity (Wildman–Crippen MR) is 80.0 cm³/mol. The number of aryl methyl sites for hydroxylation is 1. The molecule has 0 aliphatic heterocycles. The topological polar surface area (TPSA) is 66.4 Å². The van der Waals surface area contributed by atoms with Crippen LogP contribution in [0.3, 0.4) is 0 Å². The van der Waals surface area contributed by atoms with Gasteiger partial charge in [-0.1, -0.05) is 30.3 Å². The zero-order valence-electron chi connectivity index (χ0n) is 12.1. The molecule has 0 radical (unpaired) electrons. The highest BCUT2D eigenvalue weighted by atomic mass is 19.1. The van der Waals surface area contributed by atoms with E-state index in [0.717, 1.165) is 17.7 Å². The number of rotatable bonds is 6. The molecule has 0 fully saturated rings. The molecule has 4 nitrogen and oxygen atoms in total. The lowest BCUT2D eigenvalue weighted by Gasteiger charge is -2.14. The largest absolute Gasteiger partial charge is 0.480 e. The summed E-state index contributed by atoms with van der Waals surface area (Å²) in [5, 5.41) is 11.5. The van der Waals surface area contributed by atoms with E-state index >= 15 is 0 Å². The molecule has 2 aromatic carbocycles. The molecule has 0 unspecified atom stereocenters. The first-order chi connectivity index (χ1) is 11.0. The maximum Gasteiger partial charge on any atom is 0.326 e. The number of aliphatic carboxylic acids is 1. The molecular weight excluding hydrogens is 304 g/mol. The standard InChI is InChI=1S/C17H15F2NO3/c18-13-8-12(9-14(19)10-13)16(21)20-15(17(22)23)7-6-11-4-2-1-3-5-11/h1-5,8-10,15H,6-7H2,(H,20,21)(H,22,23)/t15-/m1/s1. The minimum Gasteiger partial charge on any atom is -0.480 e. The van der Waals surface area contributed by atoms with E-state index in [-0.39, 0.29) is 12.0 Å². The van der Waals surface area contributed by atoms with Gasteiger partial charge in [0.1, 0.15) is 17.7 Å². The molecule has 0 spiro atoms. The number of carboxylic acid groups (broad SMARTS) is 1. The summed E-state index contributed by atoms with van der Waals surface area (Å²) in [6, 6.07) is 10.4. The van der Waals surface area contributed by atoms with Gasteiger partial charge in [-0.25, -0.2) is 13.6 Å². The van der Waals surface area contributed by atoms with Crippen molar-refractivity contribution in [1.82, 2.24) is 5.32 Å². The second-order valence-electron chi connectivity index (χ2n) is 5.05. The number of hydrogen-bond acceptors (Lipinski definition) is 2. The SMILES string of the molecule is O=C(N[C@H](CCc1ccccc1)C(=O)O)c1cc(F)cc(F)c1. The molecule has 23 heavy (non-hydrogen) atoms. The Morgan fingerprint density at radius 2 is 1.65 bits per heavy atom. The minimum atomic E-state index is -1.20. The highest BCUT2D eigenvalue weighted by Gasteiger charge is 2.21. The Hall–Kier alpha value is -2.76. The molecule has 2 N–H and O–H groups in total. The minimum absolute atomic E-state index is 0.170. The van der Waals surface area contributed by atoms with E-state index < -0.39 is 29.6 Å². The molecule has 2 aromatic rings. The summed E-state index contributed by atoms with van der Waals surface area (Å²) in [6.45, 7) is 0. The van der Waals surface area contributed by atoms with E-state index in [1.807, 2.05) is 30.3 Å². The average molecular weight is 319 g/mol. The van der Waals surface area contributed by atoms with Gasteiger partial charge in [0.2, 0.25) is 0 Å². The van der Waals surface area contributed by atoms with Crippen LogP contribution in [0.25, 0.3) is 0 Å². The molecule has 0 saturated carbocycles. The Morgan fingerprint density at radius 3 is 2.22 bits per heavy atom. The zero-order chi connectivity index (χ0) is 16.8. The Labute approximate surface area is 131 Å². The first-order valence-electron chi connectivity index (χ1n) is 6.99. The molecule has 0 aliphatic carbocycles. The monoisotopic (exact) mass is 319 g/mol. The van der Waals surface area contributed by atoms with Crippen molar-refractivity contribution < 1.29 is 23.5 Å². The van der Waals surface area contributed by atoms with Gasteiger partial charge in [-0.15, -0.1) is 0 Å². The Morgan fingerprint density at radius 1 is 1.04 bits per heavy atom. The van der Waals surface area contributed by atoms with E-state index in [2.05, 4.69) is 5.32 Å². The number of amides is 1. The molecule has 0 saturated heterocycles. The third-order valence-corrected chi connectivity index (χ3v) is 3.29. The number of carbonyl (C=O) groups is 2. The third-order valence-electron chi connectivity index (χ3n) is 3.29. The molecule has 2 rings (SSSR count). The number of benzene rings is 2. The van der Waals surface area contributed by atoms with Crippen molar-refractivity contribution in [3.05, 3.63) is 71.3 Å². The lowest BCUT2D eigenvalue weighted by molar-refractivity contribution is -0.139. The van der Waals surface area contributed by atoms with Gasteiger partial charge < -0.3 is 10.4 Å². The number of halogens is 2. The van der Waals surface area contributed by atoms with Gasteiger partial charge in [-0.2, -0.15) is 0 Å². The Balaban J connectivity index is 2.04.